The molecule has 0 spiro atoms. The summed E-state index contributed by atoms with van der Waals surface area (Å²) in [5.74, 6) is 0.165. The molecule has 0 radical (unpaired) electrons. The van der Waals surface area contributed by atoms with Gasteiger partial charge in [0.2, 0.25) is 11.8 Å². The highest BCUT2D eigenvalue weighted by atomic mass is 127. The molecule has 0 unspecified atom stereocenters. The Morgan fingerprint density at radius 3 is 1.21 bits per heavy atom. The van der Waals surface area contributed by atoms with Gasteiger partial charge in [0.1, 0.15) is 0 Å². The summed E-state index contributed by atoms with van der Waals surface area (Å²) in [5.41, 5.74) is 0. The summed E-state index contributed by atoms with van der Waals surface area (Å²) in [4.78, 5) is 23.3. The Hall–Kier alpha value is 0.320. The molecule has 0 bridgehead atoms. The van der Waals surface area contributed by atoms with Crippen LogP contribution >= 0.6 is 0 Å². The summed E-state index contributed by atoms with van der Waals surface area (Å²) < 4.78 is 1.68. The van der Waals surface area contributed by atoms with Gasteiger partial charge in [-0.3, -0.25) is 9.59 Å². The van der Waals surface area contributed by atoms with Gasteiger partial charge in [-0.05, 0) is 12.8 Å². The molecular weight excluding hydrogens is 534 g/mol. The third-order valence-electron chi connectivity index (χ3n) is 3.27. The fourth-order valence-electron chi connectivity index (χ4n) is 1.81. The lowest BCUT2D eigenvalue weighted by molar-refractivity contribution is -0.869. The fourth-order valence-corrected chi connectivity index (χ4v) is 1.81. The van der Waals surface area contributed by atoms with Crippen molar-refractivity contribution in [3.05, 3.63) is 0 Å². The first-order valence-electron chi connectivity index (χ1n) is 8.14. The zero-order valence-corrected chi connectivity index (χ0v) is 20.4. The number of amides is 2. The van der Waals surface area contributed by atoms with Crippen molar-refractivity contribution in [2.24, 2.45) is 0 Å². The van der Waals surface area contributed by atoms with Crippen LogP contribution in [0.5, 0.6) is 0 Å². The van der Waals surface area contributed by atoms with Gasteiger partial charge in [-0.15, -0.1) is 0 Å². The Bertz CT molecular complexity index is 319. The monoisotopic (exact) mass is 570 g/mol. The summed E-state index contributed by atoms with van der Waals surface area (Å²) in [5, 5.41) is 5.84. The van der Waals surface area contributed by atoms with Gasteiger partial charge in [0, 0.05) is 12.8 Å². The minimum Gasteiger partial charge on any atom is -1.00 e. The Morgan fingerprint density at radius 1 is 0.667 bits per heavy atom. The first-order chi connectivity index (χ1) is 9.99. The Labute approximate surface area is 182 Å². The van der Waals surface area contributed by atoms with Crippen LogP contribution in [-0.2, 0) is 9.59 Å². The van der Waals surface area contributed by atoms with Gasteiger partial charge in [-0.25, -0.2) is 0 Å². The minimum absolute atomic E-state index is 0. The van der Waals surface area contributed by atoms with E-state index in [4.69, 9.17) is 0 Å². The topological polar surface area (TPSA) is 58.2 Å². The summed E-state index contributed by atoms with van der Waals surface area (Å²) in [7, 11) is 12.6. The van der Waals surface area contributed by atoms with Crippen LogP contribution in [-0.4, -0.2) is 89.2 Å². The standard InChI is InChI=1S/C16H34N4O2.2HI/c1-19(2,3)13-11-17-15(21)9-7-8-10-16(22)18-12-14-20(4,5)6;;/h7-14H2,1-6H3;2*1H. The molecular formula is C16H36I2N4O2. The predicted molar refractivity (Wildman–Crippen MR) is 90.3 cm³/mol. The molecule has 0 saturated heterocycles. The van der Waals surface area contributed by atoms with Gasteiger partial charge in [-0.2, -0.15) is 0 Å². The largest absolute Gasteiger partial charge is 1.00 e. The highest BCUT2D eigenvalue weighted by molar-refractivity contribution is 5.77. The molecule has 0 aliphatic heterocycles. The second-order valence-corrected chi connectivity index (χ2v) is 7.93. The Morgan fingerprint density at radius 2 is 0.958 bits per heavy atom. The maximum absolute atomic E-state index is 11.6. The van der Waals surface area contributed by atoms with E-state index in [1.807, 2.05) is 0 Å². The van der Waals surface area contributed by atoms with Crippen LogP contribution in [0, 0.1) is 0 Å². The third kappa shape index (κ3) is 22.3. The number of nitrogens with zero attached hydrogens (tertiary/aromatic N) is 2. The van der Waals surface area contributed by atoms with Crippen molar-refractivity contribution in [1.29, 1.82) is 0 Å². The van der Waals surface area contributed by atoms with Gasteiger partial charge < -0.3 is 67.6 Å². The number of quaternary nitrogens is 2. The van der Waals surface area contributed by atoms with Crippen LogP contribution in [0.2, 0.25) is 0 Å². The Kier molecular flexibility index (Phi) is 17.6. The van der Waals surface area contributed by atoms with Crippen molar-refractivity contribution in [2.45, 2.75) is 25.7 Å². The average Bonchev–Trinajstić information content (AvgIpc) is 2.31. The summed E-state index contributed by atoms with van der Waals surface area (Å²) in [6.07, 6.45) is 2.53. The van der Waals surface area contributed by atoms with E-state index in [0.29, 0.717) is 25.9 Å². The molecule has 0 aliphatic carbocycles. The van der Waals surface area contributed by atoms with Crippen molar-refractivity contribution in [2.75, 3.05) is 68.5 Å². The smallest absolute Gasteiger partial charge is 0.220 e. The number of carbonyl (C=O) groups excluding carboxylic acids is 2. The van der Waals surface area contributed by atoms with E-state index < -0.39 is 0 Å². The zero-order valence-electron chi connectivity index (χ0n) is 16.1. The quantitative estimate of drug-likeness (QED) is 0.148. The molecule has 2 N–H and O–H groups in total. The van der Waals surface area contributed by atoms with Crippen molar-refractivity contribution in [3.8, 4) is 0 Å². The first-order valence-corrected chi connectivity index (χ1v) is 8.14. The van der Waals surface area contributed by atoms with Gasteiger partial charge in [0.25, 0.3) is 0 Å². The molecule has 0 aromatic heterocycles. The SMILES string of the molecule is C[N+](C)(C)CCNC(=O)CCCCC(=O)NCC[N+](C)(C)C.[I-].[I-]. The number of hydrogen-bond donors (Lipinski definition) is 2. The van der Waals surface area contributed by atoms with E-state index in [-0.39, 0.29) is 59.8 Å². The molecule has 24 heavy (non-hydrogen) atoms. The van der Waals surface area contributed by atoms with Gasteiger partial charge >= 0.3 is 0 Å². The van der Waals surface area contributed by atoms with Crippen molar-refractivity contribution < 1.29 is 66.5 Å². The molecule has 0 saturated carbocycles. The number of halogens is 2. The van der Waals surface area contributed by atoms with Crippen LogP contribution in [0.25, 0.3) is 0 Å². The molecule has 0 heterocycles. The van der Waals surface area contributed by atoms with Crippen molar-refractivity contribution >= 4 is 11.8 Å². The average molecular weight is 570 g/mol. The van der Waals surface area contributed by atoms with E-state index in [0.717, 1.165) is 34.9 Å². The van der Waals surface area contributed by atoms with E-state index in [1.54, 1.807) is 0 Å². The summed E-state index contributed by atoms with van der Waals surface area (Å²) in [6.45, 7) is 3.24. The molecule has 0 atom stereocenters. The third-order valence-corrected chi connectivity index (χ3v) is 3.27. The second kappa shape index (κ2) is 14.5. The molecule has 0 aromatic rings. The van der Waals surface area contributed by atoms with Crippen LogP contribution in [0.15, 0.2) is 0 Å². The van der Waals surface area contributed by atoms with Crippen LogP contribution < -0.4 is 58.6 Å². The maximum Gasteiger partial charge on any atom is 0.220 e. The van der Waals surface area contributed by atoms with E-state index in [9.17, 15) is 9.59 Å². The lowest BCUT2D eigenvalue weighted by Crippen LogP contribution is -3.00. The highest BCUT2D eigenvalue weighted by Gasteiger charge is 2.09. The van der Waals surface area contributed by atoms with Crippen molar-refractivity contribution in [1.82, 2.24) is 10.6 Å². The van der Waals surface area contributed by atoms with Crippen LogP contribution in [0.4, 0.5) is 0 Å². The molecule has 2 amide bonds. The normalized spacial score (nSPS) is 11.1. The number of unbranched alkanes of at least 4 members (excludes halogenated alkanes) is 1. The summed E-state index contributed by atoms with van der Waals surface area (Å²) in [6, 6.07) is 0. The number of hydrogen-bond acceptors (Lipinski definition) is 2. The summed E-state index contributed by atoms with van der Waals surface area (Å²) >= 11 is 0. The van der Waals surface area contributed by atoms with Crippen molar-refractivity contribution in [3.63, 3.8) is 0 Å². The van der Waals surface area contributed by atoms with Gasteiger partial charge in [0.15, 0.2) is 0 Å². The number of likely N-dealkylation sites (N-methyl/N-ethyl adjacent to an activating group) is 2. The predicted octanol–water partition coefficient (Wildman–Crippen LogP) is -5.80. The number of rotatable bonds is 11. The molecule has 0 aliphatic rings. The van der Waals surface area contributed by atoms with Gasteiger partial charge in [-0.1, -0.05) is 0 Å². The zero-order chi connectivity index (χ0) is 17.2. The molecule has 8 heteroatoms. The highest BCUT2D eigenvalue weighted by Crippen LogP contribution is 2.00. The maximum atomic E-state index is 11.6. The second-order valence-electron chi connectivity index (χ2n) is 7.93. The first kappa shape index (κ1) is 29.1. The van der Waals surface area contributed by atoms with Gasteiger partial charge in [0.05, 0.1) is 68.5 Å². The fraction of sp³-hybridized carbons (Fsp3) is 0.875. The molecule has 0 fully saturated rings. The lowest BCUT2D eigenvalue weighted by atomic mass is 10.2. The van der Waals surface area contributed by atoms with E-state index in [1.165, 1.54) is 0 Å². The lowest BCUT2D eigenvalue weighted by Gasteiger charge is -2.23. The minimum atomic E-state index is 0. The number of carbonyl (C=O) groups is 2. The molecule has 0 aromatic carbocycles. The van der Waals surface area contributed by atoms with E-state index in [2.05, 4.69) is 52.9 Å². The Balaban J connectivity index is -0.00000220. The van der Waals surface area contributed by atoms with Crippen LogP contribution in [0.1, 0.15) is 25.7 Å². The number of nitrogens with one attached hydrogen (secondary N) is 2. The van der Waals surface area contributed by atoms with Crippen LogP contribution in [0.3, 0.4) is 0 Å². The molecule has 0 rings (SSSR count). The molecule has 6 nitrogen and oxygen atoms in total. The van der Waals surface area contributed by atoms with E-state index >= 15 is 0 Å². The molecule has 146 valence electrons.